The molecule has 116 valence electrons. The van der Waals surface area contributed by atoms with Crippen molar-refractivity contribution in [3.63, 3.8) is 0 Å². The lowest BCUT2D eigenvalue weighted by molar-refractivity contribution is -0.130. The van der Waals surface area contributed by atoms with Crippen molar-refractivity contribution in [2.24, 2.45) is 0 Å². The molecule has 2 aliphatic rings. The van der Waals surface area contributed by atoms with Crippen molar-refractivity contribution in [2.75, 3.05) is 20.6 Å². The molecule has 1 saturated heterocycles. The van der Waals surface area contributed by atoms with Crippen LogP contribution in [-0.2, 0) is 4.79 Å². The number of nitrogens with one attached hydrogen (secondary N) is 1. The predicted molar refractivity (Wildman–Crippen MR) is 82.7 cm³/mol. The molecular weight excluding hydrogens is 250 g/mol. The second-order valence-corrected chi connectivity index (χ2v) is 6.96. The summed E-state index contributed by atoms with van der Waals surface area (Å²) in [6, 6.07) is 1.88. The zero-order chi connectivity index (χ0) is 14.7. The van der Waals surface area contributed by atoms with Crippen molar-refractivity contribution in [3.8, 4) is 0 Å². The normalized spacial score (nSPS) is 27.7. The molecular formula is C16H31N3O. The van der Waals surface area contributed by atoms with Crippen LogP contribution in [0.2, 0.25) is 0 Å². The lowest BCUT2D eigenvalue weighted by Crippen LogP contribution is -2.49. The van der Waals surface area contributed by atoms with Gasteiger partial charge >= 0.3 is 0 Å². The van der Waals surface area contributed by atoms with Crippen LogP contribution in [0.25, 0.3) is 0 Å². The van der Waals surface area contributed by atoms with Crippen LogP contribution < -0.4 is 5.32 Å². The Morgan fingerprint density at radius 2 is 1.80 bits per heavy atom. The zero-order valence-corrected chi connectivity index (χ0v) is 13.6. The van der Waals surface area contributed by atoms with Gasteiger partial charge in [0.25, 0.3) is 0 Å². The van der Waals surface area contributed by atoms with Gasteiger partial charge < -0.3 is 10.2 Å². The van der Waals surface area contributed by atoms with E-state index in [0.29, 0.717) is 12.1 Å². The van der Waals surface area contributed by atoms with Crippen molar-refractivity contribution in [2.45, 2.75) is 76.5 Å². The molecule has 20 heavy (non-hydrogen) atoms. The third kappa shape index (κ3) is 3.73. The van der Waals surface area contributed by atoms with Crippen LogP contribution in [0.15, 0.2) is 0 Å². The van der Waals surface area contributed by atoms with E-state index in [9.17, 15) is 4.79 Å². The third-order valence-corrected chi connectivity index (χ3v) is 4.87. The fraction of sp³-hybridized carbons (Fsp3) is 0.938. The standard InChI is InChI=1S/C16H31N3O/c1-12(2)19(14-7-5-6-8-14)11-13-9-10-15(17-13)16(20)18(3)4/h12-15,17H,5-11H2,1-4H3. The lowest BCUT2D eigenvalue weighted by Gasteiger charge is -2.35. The minimum Gasteiger partial charge on any atom is -0.347 e. The highest BCUT2D eigenvalue weighted by molar-refractivity contribution is 5.81. The molecule has 4 nitrogen and oxygen atoms in total. The monoisotopic (exact) mass is 281 g/mol. The average molecular weight is 281 g/mol. The summed E-state index contributed by atoms with van der Waals surface area (Å²) in [5, 5.41) is 3.55. The molecule has 1 saturated carbocycles. The molecule has 0 aromatic carbocycles. The van der Waals surface area contributed by atoms with Crippen molar-refractivity contribution in [1.82, 2.24) is 15.1 Å². The Morgan fingerprint density at radius 3 is 2.35 bits per heavy atom. The zero-order valence-electron chi connectivity index (χ0n) is 13.6. The second-order valence-electron chi connectivity index (χ2n) is 6.96. The Bertz CT molecular complexity index is 324. The van der Waals surface area contributed by atoms with Gasteiger partial charge in [0.2, 0.25) is 5.91 Å². The van der Waals surface area contributed by atoms with Crippen molar-refractivity contribution < 1.29 is 4.79 Å². The predicted octanol–water partition coefficient (Wildman–Crippen LogP) is 1.85. The van der Waals surface area contributed by atoms with Gasteiger partial charge in [0.1, 0.15) is 0 Å². The molecule has 0 radical (unpaired) electrons. The number of hydrogen-bond donors (Lipinski definition) is 1. The Balaban J connectivity index is 1.87. The van der Waals surface area contributed by atoms with E-state index in [2.05, 4.69) is 24.1 Å². The molecule has 1 amide bonds. The quantitative estimate of drug-likeness (QED) is 0.835. The molecule has 1 aliphatic heterocycles. The molecule has 0 aromatic rings. The van der Waals surface area contributed by atoms with E-state index in [4.69, 9.17) is 0 Å². The van der Waals surface area contributed by atoms with Crippen LogP contribution >= 0.6 is 0 Å². The average Bonchev–Trinajstić information content (AvgIpc) is 3.05. The largest absolute Gasteiger partial charge is 0.347 e. The topological polar surface area (TPSA) is 35.6 Å². The summed E-state index contributed by atoms with van der Waals surface area (Å²) in [6.45, 7) is 5.70. The molecule has 4 heteroatoms. The summed E-state index contributed by atoms with van der Waals surface area (Å²) in [7, 11) is 3.69. The molecule has 1 N–H and O–H groups in total. The van der Waals surface area contributed by atoms with Crippen LogP contribution in [0.4, 0.5) is 0 Å². The molecule has 0 bridgehead atoms. The van der Waals surface area contributed by atoms with Gasteiger partial charge in [-0.1, -0.05) is 12.8 Å². The molecule has 0 spiro atoms. The fourth-order valence-corrected chi connectivity index (χ4v) is 3.74. The Labute approximate surface area is 123 Å². The summed E-state index contributed by atoms with van der Waals surface area (Å²) < 4.78 is 0. The number of nitrogens with zero attached hydrogens (tertiary/aromatic N) is 2. The molecule has 2 rings (SSSR count). The van der Waals surface area contributed by atoms with Crippen LogP contribution in [0.3, 0.4) is 0 Å². The van der Waals surface area contributed by atoms with Gasteiger partial charge in [-0.25, -0.2) is 0 Å². The first-order valence-corrected chi connectivity index (χ1v) is 8.22. The Morgan fingerprint density at radius 1 is 1.15 bits per heavy atom. The van der Waals surface area contributed by atoms with Crippen LogP contribution in [0, 0.1) is 0 Å². The first-order valence-electron chi connectivity index (χ1n) is 8.22. The third-order valence-electron chi connectivity index (χ3n) is 4.87. The van der Waals surface area contributed by atoms with E-state index in [0.717, 1.165) is 25.4 Å². The van der Waals surface area contributed by atoms with Crippen molar-refractivity contribution >= 4 is 5.91 Å². The number of likely N-dealkylation sites (N-methyl/N-ethyl adjacent to an activating group) is 1. The maximum atomic E-state index is 12.0. The summed E-state index contributed by atoms with van der Waals surface area (Å²) in [6.07, 6.45) is 7.58. The highest BCUT2D eigenvalue weighted by Gasteiger charge is 2.33. The number of hydrogen-bond acceptors (Lipinski definition) is 3. The van der Waals surface area contributed by atoms with E-state index in [1.54, 1.807) is 4.90 Å². The molecule has 1 heterocycles. The van der Waals surface area contributed by atoms with Crippen LogP contribution in [0.1, 0.15) is 52.4 Å². The molecule has 2 fully saturated rings. The number of rotatable bonds is 5. The molecule has 1 aliphatic carbocycles. The molecule has 2 unspecified atom stereocenters. The molecule has 0 aromatic heterocycles. The smallest absolute Gasteiger partial charge is 0.239 e. The fourth-order valence-electron chi connectivity index (χ4n) is 3.74. The maximum Gasteiger partial charge on any atom is 0.239 e. The highest BCUT2D eigenvalue weighted by Crippen LogP contribution is 2.26. The van der Waals surface area contributed by atoms with Gasteiger partial charge in [-0.3, -0.25) is 9.69 Å². The summed E-state index contributed by atoms with van der Waals surface area (Å²) in [5.74, 6) is 0.226. The minimum absolute atomic E-state index is 0.0348. The van der Waals surface area contributed by atoms with E-state index >= 15 is 0 Å². The van der Waals surface area contributed by atoms with Gasteiger partial charge in [-0.05, 0) is 39.5 Å². The SMILES string of the molecule is CC(C)N(CC1CCC(C(=O)N(C)C)N1)C1CCCC1. The van der Waals surface area contributed by atoms with E-state index in [-0.39, 0.29) is 11.9 Å². The van der Waals surface area contributed by atoms with E-state index in [1.165, 1.54) is 25.7 Å². The molecule has 2 atom stereocenters. The van der Waals surface area contributed by atoms with Crippen molar-refractivity contribution in [1.29, 1.82) is 0 Å². The minimum atomic E-state index is 0.0348. The Kier molecular flexibility index (Phi) is 5.44. The summed E-state index contributed by atoms with van der Waals surface area (Å²) in [5.41, 5.74) is 0. The number of carbonyl (C=O) groups is 1. The number of amides is 1. The Hall–Kier alpha value is -0.610. The lowest BCUT2D eigenvalue weighted by atomic mass is 10.1. The first-order chi connectivity index (χ1) is 9.49. The van der Waals surface area contributed by atoms with Crippen LogP contribution in [-0.4, -0.2) is 60.5 Å². The van der Waals surface area contributed by atoms with Gasteiger partial charge in [0.15, 0.2) is 0 Å². The van der Waals surface area contributed by atoms with Gasteiger partial charge in [0.05, 0.1) is 6.04 Å². The first kappa shape index (κ1) is 15.8. The van der Waals surface area contributed by atoms with E-state index in [1.807, 2.05) is 14.1 Å². The second kappa shape index (κ2) is 6.90. The van der Waals surface area contributed by atoms with Crippen molar-refractivity contribution in [3.05, 3.63) is 0 Å². The van der Waals surface area contributed by atoms with Gasteiger partial charge in [-0.15, -0.1) is 0 Å². The number of carbonyl (C=O) groups excluding carboxylic acids is 1. The maximum absolute atomic E-state index is 12.0. The van der Waals surface area contributed by atoms with E-state index < -0.39 is 0 Å². The summed E-state index contributed by atoms with van der Waals surface area (Å²) >= 11 is 0. The van der Waals surface area contributed by atoms with Gasteiger partial charge in [0, 0.05) is 38.8 Å². The van der Waals surface area contributed by atoms with Crippen LogP contribution in [0.5, 0.6) is 0 Å². The highest BCUT2D eigenvalue weighted by atomic mass is 16.2. The van der Waals surface area contributed by atoms with Gasteiger partial charge in [-0.2, -0.15) is 0 Å². The summed E-state index contributed by atoms with van der Waals surface area (Å²) in [4.78, 5) is 16.4.